The highest BCUT2D eigenvalue weighted by molar-refractivity contribution is 5.99. The van der Waals surface area contributed by atoms with Gasteiger partial charge in [0.05, 0.1) is 36.2 Å². The van der Waals surface area contributed by atoms with E-state index in [4.69, 9.17) is 14.6 Å². The molecule has 2 atom stereocenters. The SMILES string of the molecule is COc1ccc(CN(C)c2cc(-c3cn(C)c4c(C5CCN(C(=O)OC(C)(C)C)CC5)cccc34)nn3c(C(=O)N[C@@H]4C[C@@H]4F)cnc23)cc1. The van der Waals surface area contributed by atoms with Crippen LogP contribution in [0.3, 0.4) is 0 Å². The van der Waals surface area contributed by atoms with Crippen molar-refractivity contribution in [2.75, 3.05) is 32.1 Å². The number of hydrogen-bond acceptors (Lipinski definition) is 7. The molecule has 1 saturated heterocycles. The largest absolute Gasteiger partial charge is 0.497 e. The van der Waals surface area contributed by atoms with E-state index in [1.54, 1.807) is 16.5 Å². The van der Waals surface area contributed by atoms with E-state index in [9.17, 15) is 14.0 Å². The Morgan fingerprint density at radius 1 is 1.10 bits per heavy atom. The number of halogens is 1. The number of ether oxygens (including phenoxy) is 2. The van der Waals surface area contributed by atoms with Crippen molar-refractivity contribution in [2.45, 2.75) is 70.3 Å². The summed E-state index contributed by atoms with van der Waals surface area (Å²) < 4.78 is 28.4. The average molecular weight is 682 g/mol. The Bertz CT molecular complexity index is 2060. The lowest BCUT2D eigenvalue weighted by atomic mass is 9.88. The number of piperidine rings is 1. The fourth-order valence-corrected chi connectivity index (χ4v) is 6.90. The molecule has 0 radical (unpaired) electrons. The Balaban J connectivity index is 1.25. The van der Waals surface area contributed by atoms with Crippen LogP contribution in [0.2, 0.25) is 0 Å². The van der Waals surface area contributed by atoms with Crippen LogP contribution in [0.15, 0.2) is 60.9 Å². The van der Waals surface area contributed by atoms with Crippen molar-refractivity contribution < 1.29 is 23.5 Å². The molecule has 1 aliphatic heterocycles. The lowest BCUT2D eigenvalue weighted by Gasteiger charge is -2.34. The molecule has 5 aromatic rings. The summed E-state index contributed by atoms with van der Waals surface area (Å²) in [6, 6.07) is 15.8. The van der Waals surface area contributed by atoms with Crippen LogP contribution in [0.4, 0.5) is 14.9 Å². The number of fused-ring (bicyclic) bond motifs is 2. The molecule has 2 aromatic carbocycles. The molecule has 0 bridgehead atoms. The highest BCUT2D eigenvalue weighted by Gasteiger charge is 2.39. The van der Waals surface area contributed by atoms with Crippen molar-refractivity contribution in [2.24, 2.45) is 7.05 Å². The summed E-state index contributed by atoms with van der Waals surface area (Å²) in [4.78, 5) is 34.6. The van der Waals surface area contributed by atoms with Crippen molar-refractivity contribution >= 4 is 34.2 Å². The smallest absolute Gasteiger partial charge is 0.410 e. The van der Waals surface area contributed by atoms with Crippen LogP contribution in [0.1, 0.15) is 67.6 Å². The highest BCUT2D eigenvalue weighted by Crippen LogP contribution is 2.39. The molecule has 3 aromatic heterocycles. The molecule has 11 nitrogen and oxygen atoms in total. The molecule has 0 spiro atoms. The van der Waals surface area contributed by atoms with Crippen LogP contribution in [0.5, 0.6) is 5.75 Å². The van der Waals surface area contributed by atoms with Crippen LogP contribution < -0.4 is 15.0 Å². The summed E-state index contributed by atoms with van der Waals surface area (Å²) in [6.07, 6.45) is 4.28. The second kappa shape index (κ2) is 13.0. The van der Waals surface area contributed by atoms with Crippen molar-refractivity contribution in [3.63, 3.8) is 0 Å². The third-order valence-corrected chi connectivity index (χ3v) is 9.60. The number of rotatable bonds is 8. The summed E-state index contributed by atoms with van der Waals surface area (Å²) in [6.45, 7) is 7.49. The van der Waals surface area contributed by atoms with Gasteiger partial charge in [0, 0.05) is 57.3 Å². The van der Waals surface area contributed by atoms with E-state index < -0.39 is 23.7 Å². The van der Waals surface area contributed by atoms with Gasteiger partial charge in [0.25, 0.3) is 5.91 Å². The molecule has 50 heavy (non-hydrogen) atoms. The van der Waals surface area contributed by atoms with E-state index in [2.05, 4.69) is 44.2 Å². The zero-order valence-corrected chi connectivity index (χ0v) is 29.4. The number of nitrogens with one attached hydrogen (secondary N) is 1. The maximum atomic E-state index is 13.7. The quantitative estimate of drug-likeness (QED) is 0.200. The highest BCUT2D eigenvalue weighted by atomic mass is 19.1. The van der Waals surface area contributed by atoms with Gasteiger partial charge < -0.3 is 29.2 Å². The average Bonchev–Trinajstić information content (AvgIpc) is 3.45. The number of alkyl halides is 1. The van der Waals surface area contributed by atoms with Gasteiger partial charge in [-0.1, -0.05) is 30.3 Å². The molecule has 7 rings (SSSR count). The number of aryl methyl sites for hydroxylation is 1. The summed E-state index contributed by atoms with van der Waals surface area (Å²) in [5, 5.41) is 8.81. The molecular formula is C38H44FN7O4. The zero-order chi connectivity index (χ0) is 35.3. The van der Waals surface area contributed by atoms with E-state index in [0.29, 0.717) is 37.4 Å². The lowest BCUT2D eigenvalue weighted by molar-refractivity contribution is 0.0205. The monoisotopic (exact) mass is 681 g/mol. The molecule has 262 valence electrons. The van der Waals surface area contributed by atoms with Crippen molar-refractivity contribution in [3.8, 4) is 17.0 Å². The van der Waals surface area contributed by atoms with Gasteiger partial charge in [-0.2, -0.15) is 5.10 Å². The van der Waals surface area contributed by atoms with Gasteiger partial charge in [-0.05, 0) is 68.9 Å². The molecule has 2 aliphatic rings. The molecular weight excluding hydrogens is 637 g/mol. The molecule has 1 N–H and O–H groups in total. The second-order valence-corrected chi connectivity index (χ2v) is 14.5. The fraction of sp³-hybridized carbons (Fsp3) is 0.421. The first kappa shape index (κ1) is 33.4. The fourth-order valence-electron chi connectivity index (χ4n) is 6.90. The van der Waals surface area contributed by atoms with E-state index in [-0.39, 0.29) is 17.7 Å². The normalized spacial score (nSPS) is 18.0. The number of methoxy groups -OCH3 is 1. The predicted octanol–water partition coefficient (Wildman–Crippen LogP) is 6.49. The van der Waals surface area contributed by atoms with Crippen LogP contribution in [-0.4, -0.2) is 81.1 Å². The Labute approximate surface area is 291 Å². The van der Waals surface area contributed by atoms with Crippen LogP contribution in [-0.2, 0) is 18.3 Å². The zero-order valence-electron chi connectivity index (χ0n) is 29.4. The van der Waals surface area contributed by atoms with E-state index in [1.165, 1.54) is 11.8 Å². The summed E-state index contributed by atoms with van der Waals surface area (Å²) in [5.74, 6) is 0.643. The number of carbonyl (C=O) groups is 2. The number of amides is 2. The van der Waals surface area contributed by atoms with Gasteiger partial charge in [-0.3, -0.25) is 4.79 Å². The van der Waals surface area contributed by atoms with Gasteiger partial charge in [-0.25, -0.2) is 18.7 Å². The molecule has 1 aliphatic carbocycles. The number of imidazole rings is 1. The number of carbonyl (C=O) groups excluding carboxylic acids is 2. The van der Waals surface area contributed by atoms with Crippen LogP contribution in [0, 0.1) is 0 Å². The molecule has 4 heterocycles. The number of nitrogens with zero attached hydrogens (tertiary/aromatic N) is 6. The number of likely N-dealkylation sites (tertiary alicyclic amines) is 1. The maximum absolute atomic E-state index is 13.7. The third-order valence-electron chi connectivity index (χ3n) is 9.60. The first-order valence-electron chi connectivity index (χ1n) is 17.1. The summed E-state index contributed by atoms with van der Waals surface area (Å²) >= 11 is 0. The minimum atomic E-state index is -1.03. The Morgan fingerprint density at radius 3 is 2.48 bits per heavy atom. The molecule has 2 amide bonds. The van der Waals surface area contributed by atoms with Crippen molar-refractivity contribution in [1.29, 1.82) is 0 Å². The predicted molar refractivity (Wildman–Crippen MR) is 191 cm³/mol. The standard InChI is InChI=1S/C38H44FN7O4/c1-38(2,3)50-37(48)45-16-14-24(15-17-45)26-8-7-9-27-28(22-44(5)34(26)27)30-19-32(43(4)21-23-10-12-25(49-6)13-11-23)35-40-20-33(46(35)42-30)36(47)41-31-18-29(31)39/h7-13,19-20,22,24,29,31H,14-18,21H2,1-6H3,(H,41,47)/t29-,31+/m0/s1. The van der Waals surface area contributed by atoms with E-state index >= 15 is 0 Å². The Hall–Kier alpha value is -5.13. The summed E-state index contributed by atoms with van der Waals surface area (Å²) in [7, 11) is 5.67. The van der Waals surface area contributed by atoms with Crippen LogP contribution in [0.25, 0.3) is 27.8 Å². The van der Waals surface area contributed by atoms with Crippen LogP contribution >= 0.6 is 0 Å². The molecule has 0 unspecified atom stereocenters. The topological polar surface area (TPSA) is 106 Å². The number of hydrogen-bond donors (Lipinski definition) is 1. The second-order valence-electron chi connectivity index (χ2n) is 14.5. The third kappa shape index (κ3) is 6.58. The molecule has 1 saturated carbocycles. The van der Waals surface area contributed by atoms with E-state index in [1.807, 2.05) is 65.2 Å². The van der Waals surface area contributed by atoms with Gasteiger partial charge in [-0.15, -0.1) is 0 Å². The van der Waals surface area contributed by atoms with Gasteiger partial charge in [0.1, 0.15) is 17.5 Å². The minimum absolute atomic E-state index is 0.248. The van der Waals surface area contributed by atoms with Gasteiger partial charge in [0.15, 0.2) is 11.3 Å². The summed E-state index contributed by atoms with van der Waals surface area (Å²) in [5.41, 5.74) is 6.05. The molecule has 12 heteroatoms. The number of aromatic nitrogens is 4. The van der Waals surface area contributed by atoms with Gasteiger partial charge >= 0.3 is 6.09 Å². The Morgan fingerprint density at radius 2 is 1.82 bits per heavy atom. The minimum Gasteiger partial charge on any atom is -0.497 e. The lowest BCUT2D eigenvalue weighted by Crippen LogP contribution is -2.41. The van der Waals surface area contributed by atoms with Gasteiger partial charge in [0.2, 0.25) is 0 Å². The number of para-hydroxylation sites is 1. The number of benzene rings is 2. The van der Waals surface area contributed by atoms with Crippen molar-refractivity contribution in [3.05, 3.63) is 77.7 Å². The first-order valence-corrected chi connectivity index (χ1v) is 17.1. The van der Waals surface area contributed by atoms with Crippen molar-refractivity contribution in [1.82, 2.24) is 29.4 Å². The molecule has 2 fully saturated rings. The Kier molecular flexibility index (Phi) is 8.65. The van der Waals surface area contributed by atoms with E-state index in [0.717, 1.165) is 46.3 Å². The maximum Gasteiger partial charge on any atom is 0.410 e. The number of anilines is 1. The first-order chi connectivity index (χ1) is 23.9.